The number of carbonyl (C=O) groups is 1. The van der Waals surface area contributed by atoms with Crippen molar-refractivity contribution in [3.8, 4) is 0 Å². The fraction of sp³-hybridized carbons (Fsp3) is 0.857. The molecule has 0 spiro atoms. The Bertz CT molecular complexity index is 189. The van der Waals surface area contributed by atoms with Gasteiger partial charge in [0.15, 0.2) is 0 Å². The van der Waals surface area contributed by atoms with Gasteiger partial charge in [0.25, 0.3) is 0 Å². The Balaban J connectivity index is 2.41. The van der Waals surface area contributed by atoms with Crippen molar-refractivity contribution in [2.45, 2.75) is 25.1 Å². The van der Waals surface area contributed by atoms with Gasteiger partial charge in [-0.2, -0.15) is 8.78 Å². The topological polar surface area (TPSA) is 55.8 Å². The predicted octanol–water partition coefficient (Wildman–Crippen LogP) is 0.859. The van der Waals surface area contributed by atoms with E-state index in [4.69, 9.17) is 9.84 Å². The summed E-state index contributed by atoms with van der Waals surface area (Å²) < 4.78 is 34.0. The molecule has 6 heteroatoms. The van der Waals surface area contributed by atoms with Gasteiger partial charge in [0.05, 0.1) is 6.10 Å². The molecular weight excluding hydrogens is 186 g/mol. The van der Waals surface area contributed by atoms with E-state index >= 15 is 0 Å². The Kier molecular flexibility index (Phi) is 3.16. The zero-order valence-electron chi connectivity index (χ0n) is 6.83. The van der Waals surface area contributed by atoms with E-state index in [1.165, 1.54) is 0 Å². The highest BCUT2D eigenvalue weighted by Gasteiger charge is 2.43. The number of carboxylic acid groups (broad SMARTS) is 1. The first-order valence-electron chi connectivity index (χ1n) is 3.89. The van der Waals surface area contributed by atoms with Crippen molar-refractivity contribution in [2.24, 2.45) is 0 Å². The predicted molar refractivity (Wildman–Crippen MR) is 37.5 cm³/mol. The lowest BCUT2D eigenvalue weighted by Crippen LogP contribution is -2.38. The molecule has 0 saturated carbocycles. The molecule has 0 amide bonds. The largest absolute Gasteiger partial charge is 0.475 e. The van der Waals surface area contributed by atoms with E-state index in [-0.39, 0.29) is 0 Å². The van der Waals surface area contributed by atoms with Gasteiger partial charge in [0.1, 0.15) is 0 Å². The molecule has 0 unspecified atom stereocenters. The molecule has 1 aliphatic heterocycles. The fourth-order valence-corrected chi connectivity index (χ4v) is 1.05. The molecule has 0 aliphatic carbocycles. The van der Waals surface area contributed by atoms with E-state index in [1.54, 1.807) is 0 Å². The Morgan fingerprint density at radius 3 is 2.46 bits per heavy atom. The maximum Gasteiger partial charge on any atom is 0.456 e. The second-order valence-electron chi connectivity index (χ2n) is 2.75. The quantitative estimate of drug-likeness (QED) is 0.727. The average molecular weight is 196 g/mol. The smallest absolute Gasteiger partial charge is 0.456 e. The minimum atomic E-state index is -4.08. The molecule has 1 fully saturated rings. The molecule has 4 nitrogen and oxygen atoms in total. The summed E-state index contributed by atoms with van der Waals surface area (Å²) in [6, 6.07) is 0. The lowest BCUT2D eigenvalue weighted by molar-refractivity contribution is -0.269. The molecule has 1 N–H and O–H groups in total. The van der Waals surface area contributed by atoms with Crippen LogP contribution in [0.3, 0.4) is 0 Å². The number of alkyl halides is 2. The van der Waals surface area contributed by atoms with Crippen molar-refractivity contribution >= 4 is 5.97 Å². The fourth-order valence-electron chi connectivity index (χ4n) is 1.05. The maximum absolute atomic E-state index is 12.5. The van der Waals surface area contributed by atoms with Crippen LogP contribution in [0.25, 0.3) is 0 Å². The molecule has 0 aromatic carbocycles. The minimum absolute atomic E-state index is 0.308. The highest BCUT2D eigenvalue weighted by molar-refractivity contribution is 5.73. The SMILES string of the molecule is O=C(O)C(F)(F)OC1CCOCC1. The molecule has 1 aliphatic rings. The van der Waals surface area contributed by atoms with Gasteiger partial charge in [-0.3, -0.25) is 0 Å². The summed E-state index contributed by atoms with van der Waals surface area (Å²) in [4.78, 5) is 9.99. The highest BCUT2D eigenvalue weighted by Crippen LogP contribution is 2.22. The first kappa shape index (κ1) is 10.3. The third-order valence-corrected chi connectivity index (χ3v) is 1.73. The Hall–Kier alpha value is -0.750. The van der Waals surface area contributed by atoms with E-state index in [9.17, 15) is 13.6 Å². The number of ether oxygens (including phenoxy) is 2. The number of hydrogen-bond donors (Lipinski definition) is 1. The Labute approximate surface area is 73.4 Å². The zero-order valence-corrected chi connectivity index (χ0v) is 6.83. The van der Waals surface area contributed by atoms with Crippen LogP contribution in [0.5, 0.6) is 0 Å². The summed E-state index contributed by atoms with van der Waals surface area (Å²) in [5.41, 5.74) is 0. The summed E-state index contributed by atoms with van der Waals surface area (Å²) in [6.07, 6.45) is -4.19. The Morgan fingerprint density at radius 2 is 2.00 bits per heavy atom. The normalized spacial score (nSPS) is 20.2. The molecule has 0 bridgehead atoms. The van der Waals surface area contributed by atoms with Crippen LogP contribution < -0.4 is 0 Å². The van der Waals surface area contributed by atoms with Crippen LogP contribution in [-0.4, -0.2) is 36.5 Å². The third kappa shape index (κ3) is 2.89. The van der Waals surface area contributed by atoms with E-state index in [0.29, 0.717) is 26.1 Å². The first-order valence-corrected chi connectivity index (χ1v) is 3.89. The van der Waals surface area contributed by atoms with Crippen LogP contribution in [0.4, 0.5) is 8.78 Å². The van der Waals surface area contributed by atoms with E-state index in [0.717, 1.165) is 0 Å². The molecular formula is C7H10F2O4. The average Bonchev–Trinajstić information content (AvgIpc) is 2.05. The molecule has 76 valence electrons. The molecule has 13 heavy (non-hydrogen) atoms. The summed E-state index contributed by atoms with van der Waals surface area (Å²) in [6.45, 7) is 0.667. The van der Waals surface area contributed by atoms with E-state index in [1.807, 2.05) is 0 Å². The monoisotopic (exact) mass is 196 g/mol. The van der Waals surface area contributed by atoms with Gasteiger partial charge >= 0.3 is 12.1 Å². The van der Waals surface area contributed by atoms with Gasteiger partial charge in [-0.05, 0) is 12.8 Å². The van der Waals surface area contributed by atoms with Gasteiger partial charge in [0.2, 0.25) is 0 Å². The van der Waals surface area contributed by atoms with Crippen molar-refractivity contribution < 1.29 is 28.2 Å². The number of rotatable bonds is 3. The number of halogens is 2. The lowest BCUT2D eigenvalue weighted by Gasteiger charge is -2.24. The molecule has 0 aromatic rings. The van der Waals surface area contributed by atoms with Crippen molar-refractivity contribution in [3.63, 3.8) is 0 Å². The van der Waals surface area contributed by atoms with Gasteiger partial charge < -0.3 is 14.6 Å². The van der Waals surface area contributed by atoms with Gasteiger partial charge in [-0.1, -0.05) is 0 Å². The molecule has 0 radical (unpaired) electrons. The summed E-state index contributed by atoms with van der Waals surface area (Å²) >= 11 is 0. The first-order chi connectivity index (χ1) is 6.02. The minimum Gasteiger partial charge on any atom is -0.475 e. The summed E-state index contributed by atoms with van der Waals surface area (Å²) in [5, 5.41) is 8.07. The lowest BCUT2D eigenvalue weighted by atomic mass is 10.1. The van der Waals surface area contributed by atoms with E-state index in [2.05, 4.69) is 4.74 Å². The van der Waals surface area contributed by atoms with Crippen LogP contribution in [0.1, 0.15) is 12.8 Å². The van der Waals surface area contributed by atoms with Gasteiger partial charge in [-0.15, -0.1) is 0 Å². The van der Waals surface area contributed by atoms with Crippen molar-refractivity contribution in [3.05, 3.63) is 0 Å². The summed E-state index contributed by atoms with van der Waals surface area (Å²) in [7, 11) is 0. The van der Waals surface area contributed by atoms with E-state index < -0.39 is 18.2 Å². The zero-order chi connectivity index (χ0) is 9.90. The Morgan fingerprint density at radius 1 is 1.46 bits per heavy atom. The van der Waals surface area contributed by atoms with Crippen LogP contribution in [0.15, 0.2) is 0 Å². The molecule has 1 rings (SSSR count). The van der Waals surface area contributed by atoms with Crippen molar-refractivity contribution in [1.82, 2.24) is 0 Å². The highest BCUT2D eigenvalue weighted by atomic mass is 19.3. The second kappa shape index (κ2) is 3.97. The third-order valence-electron chi connectivity index (χ3n) is 1.73. The molecule has 1 heterocycles. The van der Waals surface area contributed by atoms with Crippen molar-refractivity contribution in [2.75, 3.05) is 13.2 Å². The number of carboxylic acids is 1. The standard InChI is InChI=1S/C7H10F2O4/c8-7(9,6(10)11)13-5-1-3-12-4-2-5/h5H,1-4H2,(H,10,11). The number of hydrogen-bond acceptors (Lipinski definition) is 3. The van der Waals surface area contributed by atoms with Crippen molar-refractivity contribution in [1.29, 1.82) is 0 Å². The second-order valence-corrected chi connectivity index (χ2v) is 2.75. The molecule has 0 aromatic heterocycles. The van der Waals surface area contributed by atoms with Crippen LogP contribution in [0.2, 0.25) is 0 Å². The molecule has 0 atom stereocenters. The van der Waals surface area contributed by atoms with Crippen LogP contribution in [0, 0.1) is 0 Å². The van der Waals surface area contributed by atoms with Gasteiger partial charge in [0, 0.05) is 13.2 Å². The maximum atomic E-state index is 12.5. The molecule has 1 saturated heterocycles. The number of aliphatic carboxylic acids is 1. The van der Waals surface area contributed by atoms with Crippen LogP contribution in [-0.2, 0) is 14.3 Å². The van der Waals surface area contributed by atoms with Gasteiger partial charge in [-0.25, -0.2) is 4.79 Å². The van der Waals surface area contributed by atoms with Crippen LogP contribution >= 0.6 is 0 Å². The summed E-state index contributed by atoms with van der Waals surface area (Å²) in [5.74, 6) is -2.25.